The van der Waals surface area contributed by atoms with Gasteiger partial charge in [-0.2, -0.15) is 0 Å². The molecule has 0 saturated carbocycles. The highest BCUT2D eigenvalue weighted by molar-refractivity contribution is 5.68. The Morgan fingerprint density at radius 2 is 2.21 bits per heavy atom. The molecule has 132 valence electrons. The Morgan fingerprint density at radius 3 is 2.92 bits per heavy atom. The van der Waals surface area contributed by atoms with Gasteiger partial charge in [0.25, 0.3) is 0 Å². The van der Waals surface area contributed by atoms with Crippen molar-refractivity contribution in [2.75, 3.05) is 26.7 Å². The number of amides is 1. The zero-order valence-corrected chi connectivity index (χ0v) is 15.1. The summed E-state index contributed by atoms with van der Waals surface area (Å²) in [5.41, 5.74) is 2.05. The fourth-order valence-electron chi connectivity index (χ4n) is 3.68. The number of benzene rings is 1. The fourth-order valence-corrected chi connectivity index (χ4v) is 3.68. The Bertz CT molecular complexity index is 609. The Hall–Kier alpha value is -1.75. The van der Waals surface area contributed by atoms with Crippen LogP contribution in [-0.4, -0.2) is 43.3 Å². The number of nitrogens with one attached hydrogen (secondary N) is 1. The summed E-state index contributed by atoms with van der Waals surface area (Å²) in [7, 11) is 1.98. The minimum atomic E-state index is -0.453. The van der Waals surface area contributed by atoms with E-state index in [0.29, 0.717) is 12.5 Å². The molecule has 2 unspecified atom stereocenters. The van der Waals surface area contributed by atoms with Crippen LogP contribution in [0.2, 0.25) is 0 Å². The number of hydrogen-bond acceptors (Lipinski definition) is 4. The normalized spacial score (nSPS) is 21.3. The molecule has 1 N–H and O–H groups in total. The quantitative estimate of drug-likeness (QED) is 0.924. The van der Waals surface area contributed by atoms with Crippen molar-refractivity contribution in [2.45, 2.75) is 45.3 Å². The molecule has 1 saturated heterocycles. The molecule has 1 aromatic rings. The van der Waals surface area contributed by atoms with Gasteiger partial charge in [0.1, 0.15) is 11.4 Å². The first-order valence-corrected chi connectivity index (χ1v) is 8.79. The smallest absolute Gasteiger partial charge is 0.410 e. The molecule has 0 radical (unpaired) electrons. The molecule has 1 aromatic carbocycles. The lowest BCUT2D eigenvalue weighted by atomic mass is 9.90. The van der Waals surface area contributed by atoms with Gasteiger partial charge in [0.2, 0.25) is 0 Å². The lowest BCUT2D eigenvalue weighted by Gasteiger charge is -2.27. The van der Waals surface area contributed by atoms with Gasteiger partial charge < -0.3 is 19.7 Å². The second-order valence-corrected chi connectivity index (χ2v) is 7.68. The van der Waals surface area contributed by atoms with Crippen LogP contribution in [0.1, 0.15) is 44.4 Å². The molecule has 2 aliphatic heterocycles. The standard InChI is InChI=1S/C19H28N2O3/c1-19(2,3)24-18(22)21-10-8-14(12-21)16(20-4)15-7-5-6-13-9-11-23-17(13)15/h5-7,14,16,20H,8-12H2,1-4H3. The zero-order chi connectivity index (χ0) is 17.3. The number of fused-ring (bicyclic) bond motifs is 1. The van der Waals surface area contributed by atoms with Gasteiger partial charge in [-0.25, -0.2) is 4.79 Å². The largest absolute Gasteiger partial charge is 0.493 e. The minimum Gasteiger partial charge on any atom is -0.493 e. The van der Waals surface area contributed by atoms with Crippen LogP contribution in [0.25, 0.3) is 0 Å². The first-order valence-electron chi connectivity index (χ1n) is 8.79. The van der Waals surface area contributed by atoms with E-state index in [-0.39, 0.29) is 12.1 Å². The van der Waals surface area contributed by atoms with Crippen molar-refractivity contribution in [1.29, 1.82) is 0 Å². The maximum Gasteiger partial charge on any atom is 0.410 e. The average molecular weight is 332 g/mol. The van der Waals surface area contributed by atoms with Gasteiger partial charge in [-0.1, -0.05) is 18.2 Å². The van der Waals surface area contributed by atoms with E-state index in [4.69, 9.17) is 9.47 Å². The lowest BCUT2D eigenvalue weighted by molar-refractivity contribution is 0.0285. The van der Waals surface area contributed by atoms with E-state index >= 15 is 0 Å². The maximum atomic E-state index is 12.3. The number of ether oxygens (including phenoxy) is 2. The van der Waals surface area contributed by atoms with Crippen LogP contribution < -0.4 is 10.1 Å². The van der Waals surface area contributed by atoms with E-state index in [9.17, 15) is 4.79 Å². The molecule has 2 heterocycles. The summed E-state index contributed by atoms with van der Waals surface area (Å²) >= 11 is 0. The molecule has 0 bridgehead atoms. The monoisotopic (exact) mass is 332 g/mol. The third kappa shape index (κ3) is 3.51. The van der Waals surface area contributed by atoms with E-state index in [1.54, 1.807) is 0 Å². The van der Waals surface area contributed by atoms with Crippen LogP contribution in [0.15, 0.2) is 18.2 Å². The fraction of sp³-hybridized carbons (Fsp3) is 0.632. The average Bonchev–Trinajstić information content (AvgIpc) is 3.15. The van der Waals surface area contributed by atoms with Gasteiger partial charge in [0.15, 0.2) is 0 Å². The lowest BCUT2D eigenvalue weighted by Crippen LogP contribution is -2.36. The van der Waals surface area contributed by atoms with Crippen LogP contribution in [0.3, 0.4) is 0 Å². The van der Waals surface area contributed by atoms with E-state index in [2.05, 4.69) is 23.5 Å². The van der Waals surface area contributed by atoms with Gasteiger partial charge in [-0.3, -0.25) is 0 Å². The number of para-hydroxylation sites is 1. The highest BCUT2D eigenvalue weighted by Gasteiger charge is 2.35. The molecular formula is C19H28N2O3. The van der Waals surface area contributed by atoms with Crippen molar-refractivity contribution in [3.05, 3.63) is 29.3 Å². The van der Waals surface area contributed by atoms with Gasteiger partial charge >= 0.3 is 6.09 Å². The van der Waals surface area contributed by atoms with E-state index in [1.165, 1.54) is 11.1 Å². The predicted octanol–water partition coefficient (Wildman–Crippen LogP) is 3.14. The predicted molar refractivity (Wildman–Crippen MR) is 93.4 cm³/mol. The molecule has 5 heteroatoms. The molecule has 1 amide bonds. The molecule has 0 spiro atoms. The summed E-state index contributed by atoms with van der Waals surface area (Å²) in [6.07, 6.45) is 1.73. The summed E-state index contributed by atoms with van der Waals surface area (Å²) in [5.74, 6) is 1.39. The van der Waals surface area contributed by atoms with Crippen LogP contribution in [0, 0.1) is 5.92 Å². The van der Waals surface area contributed by atoms with E-state index in [0.717, 1.165) is 31.7 Å². The first kappa shape index (κ1) is 17.1. The minimum absolute atomic E-state index is 0.186. The first-order chi connectivity index (χ1) is 11.4. The highest BCUT2D eigenvalue weighted by atomic mass is 16.6. The number of carbonyl (C=O) groups excluding carboxylic acids is 1. The second kappa shape index (κ2) is 6.63. The zero-order valence-electron chi connectivity index (χ0n) is 15.1. The van der Waals surface area contributed by atoms with Crippen LogP contribution in [0.4, 0.5) is 4.79 Å². The third-order valence-corrected chi connectivity index (χ3v) is 4.74. The van der Waals surface area contributed by atoms with Crippen LogP contribution in [-0.2, 0) is 11.2 Å². The molecule has 1 fully saturated rings. The maximum absolute atomic E-state index is 12.3. The van der Waals surface area contributed by atoms with E-state index in [1.807, 2.05) is 32.7 Å². The second-order valence-electron chi connectivity index (χ2n) is 7.68. The summed E-state index contributed by atoms with van der Waals surface area (Å²) in [6, 6.07) is 6.57. The van der Waals surface area contributed by atoms with Gasteiger partial charge in [-0.05, 0) is 45.7 Å². The number of nitrogens with zero attached hydrogens (tertiary/aromatic N) is 1. The van der Waals surface area contributed by atoms with Crippen molar-refractivity contribution in [2.24, 2.45) is 5.92 Å². The number of carbonyl (C=O) groups is 1. The molecule has 5 nitrogen and oxygen atoms in total. The molecule has 0 aromatic heterocycles. The molecule has 2 atom stereocenters. The number of rotatable bonds is 3. The molecule has 0 aliphatic carbocycles. The third-order valence-electron chi connectivity index (χ3n) is 4.74. The highest BCUT2D eigenvalue weighted by Crippen LogP contribution is 2.39. The van der Waals surface area contributed by atoms with Crippen molar-refractivity contribution in [3.8, 4) is 5.75 Å². The summed E-state index contributed by atoms with van der Waals surface area (Å²) < 4.78 is 11.4. The SMILES string of the molecule is CNC(c1cccc2c1OCC2)C1CCN(C(=O)OC(C)(C)C)C1. The Morgan fingerprint density at radius 1 is 1.42 bits per heavy atom. The van der Waals surface area contributed by atoms with Gasteiger partial charge in [0, 0.05) is 31.1 Å². The van der Waals surface area contributed by atoms with Gasteiger partial charge in [0.05, 0.1) is 6.61 Å². The Balaban J connectivity index is 1.72. The molecule has 3 rings (SSSR count). The molecule has 24 heavy (non-hydrogen) atoms. The van der Waals surface area contributed by atoms with Crippen LogP contribution in [0.5, 0.6) is 5.75 Å². The summed E-state index contributed by atoms with van der Waals surface area (Å²) in [4.78, 5) is 14.1. The number of likely N-dealkylation sites (tertiary alicyclic amines) is 1. The van der Waals surface area contributed by atoms with Crippen molar-refractivity contribution < 1.29 is 14.3 Å². The topological polar surface area (TPSA) is 50.8 Å². The Labute approximate surface area is 144 Å². The van der Waals surface area contributed by atoms with Crippen molar-refractivity contribution in [3.63, 3.8) is 0 Å². The summed E-state index contributed by atoms with van der Waals surface area (Å²) in [6.45, 7) is 7.92. The molecular weight excluding hydrogens is 304 g/mol. The number of hydrogen-bond donors (Lipinski definition) is 1. The van der Waals surface area contributed by atoms with E-state index < -0.39 is 5.60 Å². The van der Waals surface area contributed by atoms with Crippen molar-refractivity contribution >= 4 is 6.09 Å². The van der Waals surface area contributed by atoms with Gasteiger partial charge in [-0.15, -0.1) is 0 Å². The summed E-state index contributed by atoms with van der Waals surface area (Å²) in [5, 5.41) is 3.44. The van der Waals surface area contributed by atoms with Crippen molar-refractivity contribution in [1.82, 2.24) is 10.2 Å². The van der Waals surface area contributed by atoms with Crippen LogP contribution >= 0.6 is 0 Å². The Kier molecular flexibility index (Phi) is 4.72. The molecule has 2 aliphatic rings.